The van der Waals surface area contributed by atoms with E-state index in [1.54, 1.807) is 0 Å². The smallest absolute Gasteiger partial charge is 0.0674 e. The molecule has 0 saturated heterocycles. The van der Waals surface area contributed by atoms with Crippen molar-refractivity contribution in [1.29, 1.82) is 0 Å². The van der Waals surface area contributed by atoms with Crippen molar-refractivity contribution in [3.63, 3.8) is 0 Å². The van der Waals surface area contributed by atoms with Crippen molar-refractivity contribution in [2.45, 2.75) is 6.42 Å². The third kappa shape index (κ3) is 3.38. The summed E-state index contributed by atoms with van der Waals surface area (Å²) in [4.78, 5) is 0. The molecule has 0 aromatic heterocycles. The van der Waals surface area contributed by atoms with Crippen molar-refractivity contribution in [2.75, 3.05) is 0 Å². The van der Waals surface area contributed by atoms with Gasteiger partial charge in [0, 0.05) is 5.56 Å². The maximum absolute atomic E-state index is 6.94. The van der Waals surface area contributed by atoms with Gasteiger partial charge in [-0.1, -0.05) is 126 Å². The normalized spacial score (nSPS) is 13.6. The Balaban J connectivity index is 1.62. The summed E-state index contributed by atoms with van der Waals surface area (Å²) >= 11 is 13.6. The highest BCUT2D eigenvalue weighted by atomic mass is 35.5. The number of allylic oxidation sites excluding steroid dienone is 5. The highest BCUT2D eigenvalue weighted by Gasteiger charge is 2.28. The Hall–Kier alpha value is -3.32. The standard InChI is InChI=1S/C31H20Cl2/c32-28-19-26-23-15-8-7-14-22(23)18-27(26)30(31(28)33)25-17-9-16-24(25)29(20-10-3-1-4-11-20)21-12-5-2-6-13-21/h1-17,19H,18H2. The van der Waals surface area contributed by atoms with Crippen molar-refractivity contribution in [1.82, 2.24) is 0 Å². The summed E-state index contributed by atoms with van der Waals surface area (Å²) in [5.74, 6) is 0. The summed E-state index contributed by atoms with van der Waals surface area (Å²) in [7, 11) is 0. The largest absolute Gasteiger partial charge is 0.0827 e. The third-order valence-corrected chi connectivity index (χ3v) is 7.27. The molecule has 0 unspecified atom stereocenters. The van der Waals surface area contributed by atoms with E-state index in [-0.39, 0.29) is 0 Å². The number of halogens is 2. The summed E-state index contributed by atoms with van der Waals surface area (Å²) in [6.07, 6.45) is 7.33. The Kier molecular flexibility index (Phi) is 5.06. The minimum Gasteiger partial charge on any atom is -0.0827 e. The van der Waals surface area contributed by atoms with Crippen molar-refractivity contribution < 1.29 is 0 Å². The molecule has 0 saturated carbocycles. The lowest BCUT2D eigenvalue weighted by Gasteiger charge is -2.19. The van der Waals surface area contributed by atoms with E-state index in [4.69, 9.17) is 23.2 Å². The van der Waals surface area contributed by atoms with Gasteiger partial charge in [0.1, 0.15) is 0 Å². The molecule has 0 heterocycles. The molecule has 2 aliphatic rings. The van der Waals surface area contributed by atoms with Gasteiger partial charge in [-0.15, -0.1) is 0 Å². The summed E-state index contributed by atoms with van der Waals surface area (Å²) in [6.45, 7) is 0. The quantitative estimate of drug-likeness (QED) is 0.250. The zero-order chi connectivity index (χ0) is 22.4. The molecule has 6 rings (SSSR count). The Morgan fingerprint density at radius 1 is 0.697 bits per heavy atom. The fraction of sp³-hybridized carbons (Fsp3) is 0.0323. The van der Waals surface area contributed by atoms with E-state index < -0.39 is 0 Å². The molecular weight excluding hydrogens is 443 g/mol. The van der Waals surface area contributed by atoms with Gasteiger partial charge in [0.05, 0.1) is 10.0 Å². The van der Waals surface area contributed by atoms with E-state index in [1.807, 2.05) is 6.07 Å². The lowest BCUT2D eigenvalue weighted by Crippen LogP contribution is -1.99. The average molecular weight is 463 g/mol. The average Bonchev–Trinajstić information content (AvgIpc) is 3.46. The van der Waals surface area contributed by atoms with Gasteiger partial charge in [-0.05, 0) is 62.6 Å². The van der Waals surface area contributed by atoms with Crippen LogP contribution in [0.1, 0.15) is 27.8 Å². The van der Waals surface area contributed by atoms with Crippen molar-refractivity contribution in [3.8, 4) is 11.1 Å². The zero-order valence-corrected chi connectivity index (χ0v) is 19.4. The Morgan fingerprint density at radius 3 is 2.03 bits per heavy atom. The minimum absolute atomic E-state index is 0.593. The summed E-state index contributed by atoms with van der Waals surface area (Å²) in [6, 6.07) is 31.7. The van der Waals surface area contributed by atoms with Gasteiger partial charge in [0.25, 0.3) is 0 Å². The van der Waals surface area contributed by atoms with Crippen LogP contribution in [0.3, 0.4) is 0 Å². The molecule has 0 amide bonds. The molecule has 2 aliphatic carbocycles. The molecule has 4 aromatic rings. The lowest BCUT2D eigenvalue weighted by molar-refractivity contribution is 1.25. The minimum atomic E-state index is 0.593. The van der Waals surface area contributed by atoms with E-state index in [0.29, 0.717) is 10.0 Å². The zero-order valence-electron chi connectivity index (χ0n) is 17.9. The number of hydrogen-bond acceptors (Lipinski definition) is 0. The van der Waals surface area contributed by atoms with Crippen molar-refractivity contribution >= 4 is 34.3 Å². The Morgan fingerprint density at radius 2 is 1.33 bits per heavy atom. The van der Waals surface area contributed by atoms with Gasteiger partial charge in [0.2, 0.25) is 0 Å². The molecule has 0 bridgehead atoms. The summed E-state index contributed by atoms with van der Waals surface area (Å²) < 4.78 is 0. The predicted octanol–water partition coefficient (Wildman–Crippen LogP) is 9.02. The van der Waals surface area contributed by atoms with Gasteiger partial charge in [-0.3, -0.25) is 0 Å². The number of benzene rings is 4. The highest BCUT2D eigenvalue weighted by molar-refractivity contribution is 6.43. The van der Waals surface area contributed by atoms with Gasteiger partial charge in [0.15, 0.2) is 0 Å². The molecule has 4 aromatic carbocycles. The highest BCUT2D eigenvalue weighted by Crippen LogP contribution is 2.49. The Bertz CT molecular complexity index is 1430. The van der Waals surface area contributed by atoms with E-state index in [9.17, 15) is 0 Å². The van der Waals surface area contributed by atoms with Gasteiger partial charge in [-0.25, -0.2) is 0 Å². The fourth-order valence-corrected chi connectivity index (χ4v) is 5.51. The number of fused-ring (bicyclic) bond motifs is 3. The van der Waals surface area contributed by atoms with E-state index in [1.165, 1.54) is 39.0 Å². The maximum Gasteiger partial charge on any atom is 0.0674 e. The third-order valence-electron chi connectivity index (χ3n) is 6.48. The molecule has 0 atom stereocenters. The van der Waals surface area contributed by atoms with Crippen LogP contribution in [-0.2, 0) is 6.42 Å². The van der Waals surface area contributed by atoms with Crippen LogP contribution in [0.5, 0.6) is 0 Å². The fourth-order valence-electron chi connectivity index (χ4n) is 5.04. The second kappa shape index (κ2) is 8.23. The van der Waals surface area contributed by atoms with Crippen LogP contribution in [0.2, 0.25) is 10.0 Å². The second-order valence-electron chi connectivity index (χ2n) is 8.37. The summed E-state index contributed by atoms with van der Waals surface area (Å²) in [5, 5.41) is 1.21. The molecule has 33 heavy (non-hydrogen) atoms. The molecule has 0 radical (unpaired) electrons. The Labute approximate surface area is 204 Å². The van der Waals surface area contributed by atoms with E-state index >= 15 is 0 Å². The molecule has 0 fully saturated rings. The first-order valence-electron chi connectivity index (χ1n) is 11.1. The lowest BCUT2D eigenvalue weighted by atomic mass is 9.86. The van der Waals surface area contributed by atoms with Gasteiger partial charge >= 0.3 is 0 Å². The molecule has 158 valence electrons. The summed E-state index contributed by atoms with van der Waals surface area (Å²) in [5.41, 5.74) is 11.9. The van der Waals surface area contributed by atoms with E-state index in [2.05, 4.69) is 103 Å². The first kappa shape index (κ1) is 20.3. The van der Waals surface area contributed by atoms with Crippen molar-refractivity contribution in [3.05, 3.63) is 153 Å². The van der Waals surface area contributed by atoms with Crippen LogP contribution in [0, 0.1) is 0 Å². The monoisotopic (exact) mass is 462 g/mol. The number of hydrogen-bond donors (Lipinski definition) is 0. The van der Waals surface area contributed by atoms with Crippen LogP contribution in [0.4, 0.5) is 0 Å². The van der Waals surface area contributed by atoms with Crippen LogP contribution in [0.15, 0.2) is 115 Å². The van der Waals surface area contributed by atoms with Crippen LogP contribution < -0.4 is 0 Å². The SMILES string of the molecule is Clc1cc2c(c(C3=CC=CC3=C(c3ccccc3)c3ccccc3)c1Cl)Cc1ccccc1-2. The molecule has 0 nitrogen and oxygen atoms in total. The first-order chi connectivity index (χ1) is 16.2. The molecule has 0 spiro atoms. The molecule has 0 N–H and O–H groups in total. The van der Waals surface area contributed by atoms with E-state index in [0.717, 1.165) is 23.1 Å². The molecule has 0 aliphatic heterocycles. The van der Waals surface area contributed by atoms with Crippen molar-refractivity contribution in [2.24, 2.45) is 0 Å². The second-order valence-corrected chi connectivity index (χ2v) is 9.15. The topological polar surface area (TPSA) is 0 Å². The molecule has 2 heteroatoms. The van der Waals surface area contributed by atoms with Gasteiger partial charge < -0.3 is 0 Å². The molecular formula is C31H20Cl2. The van der Waals surface area contributed by atoms with Crippen LogP contribution >= 0.6 is 23.2 Å². The predicted molar refractivity (Wildman–Crippen MR) is 141 cm³/mol. The van der Waals surface area contributed by atoms with Crippen LogP contribution in [-0.4, -0.2) is 0 Å². The van der Waals surface area contributed by atoms with Crippen LogP contribution in [0.25, 0.3) is 22.3 Å². The number of rotatable bonds is 3. The first-order valence-corrected chi connectivity index (χ1v) is 11.8. The van der Waals surface area contributed by atoms with Gasteiger partial charge in [-0.2, -0.15) is 0 Å². The maximum atomic E-state index is 6.94.